The van der Waals surface area contributed by atoms with Crippen LogP contribution in [0.5, 0.6) is 0 Å². The van der Waals surface area contributed by atoms with Crippen LogP contribution in [0.25, 0.3) is 0 Å². The molecule has 0 aliphatic carbocycles. The number of hydrogen-bond donors (Lipinski definition) is 2. The van der Waals surface area contributed by atoms with Gasteiger partial charge in [0.15, 0.2) is 0 Å². The van der Waals surface area contributed by atoms with Crippen LogP contribution >= 0.6 is 0 Å². The second-order valence-corrected chi connectivity index (χ2v) is 7.05. The number of anilines is 2. The molecule has 0 bridgehead atoms. The first-order valence-electron chi connectivity index (χ1n) is 10.3. The average Bonchev–Trinajstić information content (AvgIpc) is 2.64. The molecule has 0 aliphatic heterocycles. The molecule has 4 heteroatoms. The Bertz CT molecular complexity index is 491. The zero-order valence-electron chi connectivity index (χ0n) is 16.9. The first kappa shape index (κ1) is 22.2. The van der Waals surface area contributed by atoms with Crippen LogP contribution in [0.15, 0.2) is 24.3 Å². The minimum Gasteiger partial charge on any atom is -0.326 e. The van der Waals surface area contributed by atoms with Crippen LogP contribution in [0.1, 0.15) is 79.1 Å². The summed E-state index contributed by atoms with van der Waals surface area (Å²) in [6.45, 7) is 8.40. The second kappa shape index (κ2) is 12.5. The van der Waals surface area contributed by atoms with Gasteiger partial charge in [0.25, 0.3) is 0 Å². The van der Waals surface area contributed by atoms with Gasteiger partial charge in [-0.15, -0.1) is 0 Å². The normalized spacial score (nSPS) is 13.1. The van der Waals surface area contributed by atoms with Crippen LogP contribution in [0.3, 0.4) is 0 Å². The van der Waals surface area contributed by atoms with Gasteiger partial charge in [-0.25, -0.2) is 0 Å². The van der Waals surface area contributed by atoms with Gasteiger partial charge in [-0.1, -0.05) is 53.4 Å². The van der Waals surface area contributed by atoms with E-state index in [0.717, 1.165) is 62.7 Å². The Labute approximate surface area is 159 Å². The van der Waals surface area contributed by atoms with E-state index in [1.807, 2.05) is 24.3 Å². The molecule has 0 unspecified atom stereocenters. The van der Waals surface area contributed by atoms with E-state index in [9.17, 15) is 9.59 Å². The van der Waals surface area contributed by atoms with Crippen molar-refractivity contribution in [1.82, 2.24) is 0 Å². The van der Waals surface area contributed by atoms with Crippen molar-refractivity contribution in [3.8, 4) is 0 Å². The molecule has 26 heavy (non-hydrogen) atoms. The quantitative estimate of drug-likeness (QED) is 0.480. The molecule has 0 saturated heterocycles. The predicted molar refractivity (Wildman–Crippen MR) is 110 cm³/mol. The highest BCUT2D eigenvalue weighted by Gasteiger charge is 2.17. The summed E-state index contributed by atoms with van der Waals surface area (Å²) in [7, 11) is 0. The summed E-state index contributed by atoms with van der Waals surface area (Å²) in [5.41, 5.74) is 1.56. The molecule has 4 nitrogen and oxygen atoms in total. The van der Waals surface area contributed by atoms with Gasteiger partial charge in [-0.2, -0.15) is 0 Å². The highest BCUT2D eigenvalue weighted by Crippen LogP contribution is 2.20. The van der Waals surface area contributed by atoms with E-state index in [1.165, 1.54) is 0 Å². The SMILES string of the molecule is CCCC[C@@H](CC)C(=O)Nc1ccc(NC(=O)[C@H](CC)CCCC)cc1. The molecule has 2 amide bonds. The van der Waals surface area contributed by atoms with Gasteiger partial charge in [-0.3, -0.25) is 9.59 Å². The number of carbonyl (C=O) groups is 2. The van der Waals surface area contributed by atoms with Gasteiger partial charge in [0.2, 0.25) is 11.8 Å². The minimum absolute atomic E-state index is 0.0678. The molecule has 2 atom stereocenters. The zero-order chi connectivity index (χ0) is 19.4. The standard InChI is InChI=1S/C22H36N2O2/c1-5-9-11-17(7-3)21(25)23-19-13-15-20(16-14-19)24-22(26)18(8-4)12-10-6-2/h13-18H,5-12H2,1-4H3,(H,23,25)(H,24,26)/t17-,18-/m1/s1. The van der Waals surface area contributed by atoms with Gasteiger partial charge < -0.3 is 10.6 Å². The van der Waals surface area contributed by atoms with E-state index < -0.39 is 0 Å². The maximum Gasteiger partial charge on any atom is 0.227 e. The third kappa shape index (κ3) is 7.59. The first-order valence-corrected chi connectivity index (χ1v) is 10.3. The van der Waals surface area contributed by atoms with Crippen LogP contribution in [0, 0.1) is 11.8 Å². The number of nitrogens with one attached hydrogen (secondary N) is 2. The molecule has 2 N–H and O–H groups in total. The molecule has 1 aromatic carbocycles. The monoisotopic (exact) mass is 360 g/mol. The van der Waals surface area contributed by atoms with Crippen LogP contribution in [-0.2, 0) is 9.59 Å². The number of carbonyl (C=O) groups excluding carboxylic acids is 2. The molecule has 1 aromatic rings. The number of rotatable bonds is 12. The van der Waals surface area contributed by atoms with E-state index >= 15 is 0 Å². The highest BCUT2D eigenvalue weighted by atomic mass is 16.2. The van der Waals surface area contributed by atoms with Crippen molar-refractivity contribution >= 4 is 23.2 Å². The second-order valence-electron chi connectivity index (χ2n) is 7.05. The summed E-state index contributed by atoms with van der Waals surface area (Å²) >= 11 is 0. The van der Waals surface area contributed by atoms with Crippen molar-refractivity contribution in [3.05, 3.63) is 24.3 Å². The highest BCUT2D eigenvalue weighted by molar-refractivity contribution is 5.94. The predicted octanol–water partition coefficient (Wildman–Crippen LogP) is 6.00. The topological polar surface area (TPSA) is 58.2 Å². The van der Waals surface area contributed by atoms with E-state index in [2.05, 4.69) is 38.3 Å². The average molecular weight is 361 g/mol. The van der Waals surface area contributed by atoms with Crippen molar-refractivity contribution < 1.29 is 9.59 Å². The van der Waals surface area contributed by atoms with Crippen molar-refractivity contribution in [2.24, 2.45) is 11.8 Å². The lowest BCUT2D eigenvalue weighted by atomic mass is 9.98. The molecule has 0 heterocycles. The molecule has 0 radical (unpaired) electrons. The van der Waals surface area contributed by atoms with Crippen LogP contribution in [0.4, 0.5) is 11.4 Å². The van der Waals surface area contributed by atoms with E-state index in [1.54, 1.807) is 0 Å². The summed E-state index contributed by atoms with van der Waals surface area (Å²) in [5, 5.41) is 5.99. The van der Waals surface area contributed by atoms with E-state index in [4.69, 9.17) is 0 Å². The van der Waals surface area contributed by atoms with E-state index in [0.29, 0.717) is 0 Å². The lowest BCUT2D eigenvalue weighted by Gasteiger charge is -2.16. The van der Waals surface area contributed by atoms with Gasteiger partial charge in [0.05, 0.1) is 0 Å². The van der Waals surface area contributed by atoms with E-state index in [-0.39, 0.29) is 23.7 Å². The van der Waals surface area contributed by atoms with Crippen LogP contribution < -0.4 is 10.6 Å². The number of hydrogen-bond acceptors (Lipinski definition) is 2. The van der Waals surface area contributed by atoms with Crippen LogP contribution in [-0.4, -0.2) is 11.8 Å². The zero-order valence-corrected chi connectivity index (χ0v) is 16.9. The number of benzene rings is 1. The summed E-state index contributed by atoms with van der Waals surface area (Å²) in [4.78, 5) is 24.7. The summed E-state index contributed by atoms with van der Waals surface area (Å²) in [5.74, 6) is 0.308. The van der Waals surface area contributed by atoms with Crippen molar-refractivity contribution in [1.29, 1.82) is 0 Å². The molecule has 0 fully saturated rings. The number of unbranched alkanes of at least 4 members (excludes halogenated alkanes) is 2. The Hall–Kier alpha value is -1.84. The Morgan fingerprint density at radius 1 is 0.731 bits per heavy atom. The Kier molecular flexibility index (Phi) is 10.7. The molecule has 146 valence electrons. The van der Waals surface area contributed by atoms with Gasteiger partial charge in [-0.05, 0) is 49.9 Å². The summed E-state index contributed by atoms with van der Waals surface area (Å²) in [6, 6.07) is 7.42. The first-order chi connectivity index (χ1) is 12.5. The lowest BCUT2D eigenvalue weighted by Crippen LogP contribution is -2.23. The Morgan fingerprint density at radius 3 is 1.35 bits per heavy atom. The van der Waals surface area contributed by atoms with Gasteiger partial charge in [0.1, 0.15) is 0 Å². The third-order valence-corrected chi connectivity index (χ3v) is 4.96. The smallest absolute Gasteiger partial charge is 0.227 e. The van der Waals surface area contributed by atoms with Gasteiger partial charge in [0, 0.05) is 23.2 Å². The molecular formula is C22H36N2O2. The Balaban J connectivity index is 2.59. The third-order valence-electron chi connectivity index (χ3n) is 4.96. The van der Waals surface area contributed by atoms with Crippen molar-refractivity contribution in [2.45, 2.75) is 79.1 Å². The molecule has 1 rings (SSSR count). The largest absolute Gasteiger partial charge is 0.326 e. The summed E-state index contributed by atoms with van der Waals surface area (Å²) < 4.78 is 0. The molecular weight excluding hydrogens is 324 g/mol. The van der Waals surface area contributed by atoms with Crippen molar-refractivity contribution in [2.75, 3.05) is 10.6 Å². The molecule has 0 aromatic heterocycles. The summed E-state index contributed by atoms with van der Waals surface area (Å²) in [6.07, 6.45) is 7.95. The fraction of sp³-hybridized carbons (Fsp3) is 0.636. The maximum atomic E-state index is 12.4. The lowest BCUT2D eigenvalue weighted by molar-refractivity contribution is -0.121. The van der Waals surface area contributed by atoms with Crippen LogP contribution in [0.2, 0.25) is 0 Å². The molecule has 0 spiro atoms. The van der Waals surface area contributed by atoms with Gasteiger partial charge >= 0.3 is 0 Å². The Morgan fingerprint density at radius 2 is 1.08 bits per heavy atom. The van der Waals surface area contributed by atoms with Crippen molar-refractivity contribution in [3.63, 3.8) is 0 Å². The molecule has 0 saturated carbocycles. The fourth-order valence-corrected chi connectivity index (χ4v) is 3.07. The molecule has 0 aliphatic rings. The minimum atomic E-state index is 0.0678. The fourth-order valence-electron chi connectivity index (χ4n) is 3.07. The maximum absolute atomic E-state index is 12.4. The number of amides is 2.